The third-order valence-electron chi connectivity index (χ3n) is 2.53. The zero-order valence-corrected chi connectivity index (χ0v) is 10.8. The van der Waals surface area contributed by atoms with Crippen LogP contribution in [0.1, 0.15) is 22.3 Å². The molecule has 0 aliphatic rings. The molecule has 0 saturated carbocycles. The fraction of sp³-hybridized carbons (Fsp3) is 0.308. The van der Waals surface area contributed by atoms with Gasteiger partial charge in [0.1, 0.15) is 6.04 Å². The zero-order valence-electron chi connectivity index (χ0n) is 10.8. The van der Waals surface area contributed by atoms with Gasteiger partial charge in [-0.15, -0.1) is 0 Å². The average molecular weight is 264 g/mol. The van der Waals surface area contributed by atoms with Crippen LogP contribution < -0.4 is 10.6 Å². The highest BCUT2D eigenvalue weighted by Crippen LogP contribution is 2.05. The van der Waals surface area contributed by atoms with E-state index in [1.54, 1.807) is 18.2 Å². The van der Waals surface area contributed by atoms with Gasteiger partial charge in [-0.2, -0.15) is 0 Å². The Balaban J connectivity index is 2.81. The monoisotopic (exact) mass is 264 g/mol. The molecule has 0 radical (unpaired) electrons. The predicted molar refractivity (Wildman–Crippen MR) is 68.8 cm³/mol. The molecule has 2 amide bonds. The van der Waals surface area contributed by atoms with Crippen LogP contribution in [-0.4, -0.2) is 36.0 Å². The van der Waals surface area contributed by atoms with Gasteiger partial charge in [0.25, 0.3) is 5.91 Å². The summed E-state index contributed by atoms with van der Waals surface area (Å²) in [6.07, 6.45) is -0.461. The van der Waals surface area contributed by atoms with E-state index in [0.717, 1.165) is 5.56 Å². The maximum atomic E-state index is 11.9. The van der Waals surface area contributed by atoms with Gasteiger partial charge in [0.2, 0.25) is 5.91 Å². The van der Waals surface area contributed by atoms with Crippen LogP contribution in [-0.2, 0) is 9.59 Å². The van der Waals surface area contributed by atoms with Crippen molar-refractivity contribution in [3.63, 3.8) is 0 Å². The predicted octanol–water partition coefficient (Wildman–Crippen LogP) is 0.314. The number of likely N-dealkylation sites (N-methyl/N-ethyl adjacent to an activating group) is 1. The van der Waals surface area contributed by atoms with Crippen LogP contribution in [0.25, 0.3) is 0 Å². The van der Waals surface area contributed by atoms with Crippen molar-refractivity contribution >= 4 is 17.8 Å². The maximum Gasteiger partial charge on any atom is 0.305 e. The number of nitrogens with one attached hydrogen (secondary N) is 2. The van der Waals surface area contributed by atoms with Crippen LogP contribution in [0, 0.1) is 6.92 Å². The van der Waals surface area contributed by atoms with Gasteiger partial charge in [-0.05, 0) is 19.1 Å². The van der Waals surface area contributed by atoms with Crippen LogP contribution in [0.5, 0.6) is 0 Å². The van der Waals surface area contributed by atoms with E-state index in [0.29, 0.717) is 5.56 Å². The Kier molecular flexibility index (Phi) is 5.05. The van der Waals surface area contributed by atoms with E-state index in [1.807, 2.05) is 13.0 Å². The Labute approximate surface area is 110 Å². The molecule has 1 atom stereocenters. The summed E-state index contributed by atoms with van der Waals surface area (Å²) in [5, 5.41) is 13.5. The molecule has 0 aliphatic carbocycles. The minimum atomic E-state index is -1.15. The van der Waals surface area contributed by atoms with Crippen molar-refractivity contribution in [1.29, 1.82) is 0 Å². The highest BCUT2D eigenvalue weighted by molar-refractivity contribution is 5.98. The molecule has 102 valence electrons. The molecule has 19 heavy (non-hydrogen) atoms. The maximum absolute atomic E-state index is 11.9. The van der Waals surface area contributed by atoms with Gasteiger partial charge < -0.3 is 15.7 Å². The Bertz CT molecular complexity index is 499. The minimum absolute atomic E-state index is 0.388. The van der Waals surface area contributed by atoms with Gasteiger partial charge in [0.05, 0.1) is 6.42 Å². The number of carbonyl (C=O) groups is 3. The first-order valence-electron chi connectivity index (χ1n) is 5.75. The summed E-state index contributed by atoms with van der Waals surface area (Å²) in [5.74, 6) is -2.17. The van der Waals surface area contributed by atoms with Crippen molar-refractivity contribution in [1.82, 2.24) is 10.6 Å². The molecule has 6 nitrogen and oxygen atoms in total. The molecule has 0 heterocycles. The van der Waals surface area contributed by atoms with Crippen molar-refractivity contribution in [3.05, 3.63) is 35.4 Å². The number of rotatable bonds is 5. The van der Waals surface area contributed by atoms with Gasteiger partial charge >= 0.3 is 5.97 Å². The van der Waals surface area contributed by atoms with Crippen LogP contribution in [0.4, 0.5) is 0 Å². The fourth-order valence-electron chi connectivity index (χ4n) is 1.59. The van der Waals surface area contributed by atoms with Gasteiger partial charge in [-0.1, -0.05) is 17.7 Å². The lowest BCUT2D eigenvalue weighted by Crippen LogP contribution is -2.46. The quantitative estimate of drug-likeness (QED) is 0.713. The largest absolute Gasteiger partial charge is 0.481 e. The fourth-order valence-corrected chi connectivity index (χ4v) is 1.59. The van der Waals surface area contributed by atoms with Crippen molar-refractivity contribution in [2.45, 2.75) is 19.4 Å². The number of carbonyl (C=O) groups excluding carboxylic acids is 2. The number of carboxylic acids is 1. The Morgan fingerprint density at radius 3 is 2.53 bits per heavy atom. The van der Waals surface area contributed by atoms with Crippen LogP contribution in [0.2, 0.25) is 0 Å². The molecular formula is C13H16N2O4. The van der Waals surface area contributed by atoms with E-state index in [1.165, 1.54) is 7.05 Å². The summed E-state index contributed by atoms with van der Waals surface area (Å²) >= 11 is 0. The third-order valence-corrected chi connectivity index (χ3v) is 2.53. The summed E-state index contributed by atoms with van der Waals surface area (Å²) in [6.45, 7) is 1.84. The normalized spacial score (nSPS) is 11.5. The summed E-state index contributed by atoms with van der Waals surface area (Å²) in [7, 11) is 1.38. The highest BCUT2D eigenvalue weighted by Gasteiger charge is 2.23. The summed E-state index contributed by atoms with van der Waals surface area (Å²) < 4.78 is 0. The molecule has 0 saturated heterocycles. The second kappa shape index (κ2) is 6.53. The van der Waals surface area contributed by atoms with Gasteiger partial charge in [0.15, 0.2) is 0 Å². The van der Waals surface area contributed by atoms with Crippen molar-refractivity contribution in [3.8, 4) is 0 Å². The van der Waals surface area contributed by atoms with Gasteiger partial charge in [-0.25, -0.2) is 0 Å². The van der Waals surface area contributed by atoms with Gasteiger partial charge in [-0.3, -0.25) is 14.4 Å². The first-order chi connectivity index (χ1) is 8.93. The number of aryl methyl sites for hydroxylation is 1. The Hall–Kier alpha value is -2.37. The molecule has 1 aromatic rings. The topological polar surface area (TPSA) is 95.5 Å². The first-order valence-corrected chi connectivity index (χ1v) is 5.75. The second-order valence-electron chi connectivity index (χ2n) is 4.11. The lowest BCUT2D eigenvalue weighted by atomic mass is 10.1. The summed E-state index contributed by atoms with van der Waals surface area (Å²) in [4.78, 5) is 34.1. The molecule has 1 rings (SSSR count). The lowest BCUT2D eigenvalue weighted by Gasteiger charge is -2.15. The van der Waals surface area contributed by atoms with Gasteiger partial charge in [0, 0.05) is 12.6 Å². The number of hydrogen-bond donors (Lipinski definition) is 3. The summed E-state index contributed by atoms with van der Waals surface area (Å²) in [6, 6.07) is 5.73. The molecule has 0 spiro atoms. The lowest BCUT2D eigenvalue weighted by molar-refractivity contribution is -0.139. The van der Waals surface area contributed by atoms with E-state index in [2.05, 4.69) is 10.6 Å². The molecule has 3 N–H and O–H groups in total. The number of carboxylic acid groups (broad SMARTS) is 1. The zero-order chi connectivity index (χ0) is 14.4. The third kappa shape index (κ3) is 4.42. The molecule has 0 fully saturated rings. The van der Waals surface area contributed by atoms with Crippen molar-refractivity contribution < 1.29 is 19.5 Å². The van der Waals surface area contributed by atoms with E-state index in [4.69, 9.17) is 5.11 Å². The highest BCUT2D eigenvalue weighted by atomic mass is 16.4. The number of benzene rings is 1. The smallest absolute Gasteiger partial charge is 0.305 e. The number of amides is 2. The van der Waals surface area contributed by atoms with E-state index >= 15 is 0 Å². The molecule has 6 heteroatoms. The van der Waals surface area contributed by atoms with E-state index in [9.17, 15) is 14.4 Å². The Morgan fingerprint density at radius 1 is 1.32 bits per heavy atom. The van der Waals surface area contributed by atoms with E-state index < -0.39 is 30.2 Å². The summed E-state index contributed by atoms with van der Waals surface area (Å²) in [5.41, 5.74) is 1.29. The van der Waals surface area contributed by atoms with Crippen LogP contribution in [0.3, 0.4) is 0 Å². The molecular weight excluding hydrogens is 248 g/mol. The molecule has 1 aromatic carbocycles. The Morgan fingerprint density at radius 2 is 2.00 bits per heavy atom. The number of hydrogen-bond acceptors (Lipinski definition) is 3. The second-order valence-corrected chi connectivity index (χ2v) is 4.11. The first kappa shape index (κ1) is 14.7. The SMILES string of the molecule is CNC(=O)C(CC(=O)O)NC(=O)c1cccc(C)c1. The minimum Gasteiger partial charge on any atom is -0.481 e. The molecule has 0 bridgehead atoms. The van der Waals surface area contributed by atoms with Crippen molar-refractivity contribution in [2.24, 2.45) is 0 Å². The average Bonchev–Trinajstić information content (AvgIpc) is 2.36. The molecule has 0 aliphatic heterocycles. The van der Waals surface area contributed by atoms with E-state index in [-0.39, 0.29) is 0 Å². The molecule has 1 unspecified atom stereocenters. The number of aliphatic carboxylic acids is 1. The van der Waals surface area contributed by atoms with Crippen LogP contribution >= 0.6 is 0 Å². The molecule has 0 aromatic heterocycles. The standard InChI is InChI=1S/C13H16N2O4/c1-8-4-3-5-9(6-8)12(18)15-10(7-11(16)17)13(19)14-2/h3-6,10H,7H2,1-2H3,(H,14,19)(H,15,18)(H,16,17). The van der Waals surface area contributed by atoms with Crippen LogP contribution in [0.15, 0.2) is 24.3 Å². The van der Waals surface area contributed by atoms with Crippen molar-refractivity contribution in [2.75, 3.05) is 7.05 Å².